The average molecular weight is 483 g/mol. The molecule has 0 fully saturated rings. The van der Waals surface area contributed by atoms with Crippen molar-refractivity contribution in [1.82, 2.24) is 5.27 Å². The maximum atomic E-state index is 13.1. The molecule has 1 aliphatic carbocycles. The number of rotatable bonds is 7. The van der Waals surface area contributed by atoms with Gasteiger partial charge in [-0.1, -0.05) is 32.4 Å². The van der Waals surface area contributed by atoms with Crippen LogP contribution in [0.3, 0.4) is 0 Å². The van der Waals surface area contributed by atoms with E-state index in [1.54, 1.807) is 14.0 Å². The average Bonchev–Trinajstić information content (AvgIpc) is 3.24. The molecule has 1 aliphatic rings. The van der Waals surface area contributed by atoms with Crippen molar-refractivity contribution in [2.75, 3.05) is 11.9 Å². The highest BCUT2D eigenvalue weighted by Crippen LogP contribution is 2.44. The summed E-state index contributed by atoms with van der Waals surface area (Å²) in [5.74, 6) is -0.137. The molecule has 0 aromatic carbocycles. The number of esters is 1. The van der Waals surface area contributed by atoms with E-state index in [2.05, 4.69) is 31.4 Å². The van der Waals surface area contributed by atoms with Gasteiger partial charge >= 0.3 is 16.6 Å². The fraction of sp³-hybridized carbons (Fsp3) is 0.636. The van der Waals surface area contributed by atoms with Gasteiger partial charge in [0.2, 0.25) is 5.91 Å². The topological polar surface area (TPSA) is 105 Å². The molecule has 10 heteroatoms. The third kappa shape index (κ3) is 5.11. The molecule has 32 heavy (non-hydrogen) atoms. The second kappa shape index (κ2) is 9.82. The number of ether oxygens (including phenoxy) is 1. The van der Waals surface area contributed by atoms with Crippen molar-refractivity contribution >= 4 is 40.0 Å². The number of thioether (sulfide) groups is 1. The standard InChI is InChI=1S/C22H31N3O5S2/c1-7-14(32-19-21(28)30-24-25(19)6)17(26)23-18-16(20(27)29-8-2)13-10-9-12(22(3,4)5)11-15(13)31-18/h12,14H,7-11H2,1-6H3,(H-,23,24,26,27,28)/p+1. The Morgan fingerprint density at radius 2 is 2.09 bits per heavy atom. The molecule has 0 aliphatic heterocycles. The third-order valence-corrected chi connectivity index (χ3v) is 8.54. The number of H-pyrrole nitrogens is 1. The van der Waals surface area contributed by atoms with Gasteiger partial charge in [0.15, 0.2) is 7.05 Å². The Bertz CT molecular complexity index is 1050. The zero-order valence-corrected chi connectivity index (χ0v) is 21.1. The van der Waals surface area contributed by atoms with Crippen LogP contribution in [-0.2, 0) is 29.4 Å². The Labute approximate surface area is 196 Å². The molecular formula is C22H32N3O5S2+. The largest absolute Gasteiger partial charge is 0.462 e. The molecule has 0 saturated heterocycles. The van der Waals surface area contributed by atoms with Gasteiger partial charge in [0, 0.05) is 4.88 Å². The minimum absolute atomic E-state index is 0.173. The fourth-order valence-electron chi connectivity index (χ4n) is 3.94. The van der Waals surface area contributed by atoms with E-state index in [0.717, 1.165) is 41.5 Å². The summed E-state index contributed by atoms with van der Waals surface area (Å²) in [6.45, 7) is 10.7. The van der Waals surface area contributed by atoms with Crippen LogP contribution in [0.4, 0.5) is 5.00 Å². The smallest absolute Gasteiger partial charge is 0.441 e. The van der Waals surface area contributed by atoms with Crippen molar-refractivity contribution < 1.29 is 23.5 Å². The summed E-state index contributed by atoms with van der Waals surface area (Å²) in [5, 5.41) is 5.77. The number of anilines is 1. The summed E-state index contributed by atoms with van der Waals surface area (Å²) in [6, 6.07) is 0. The molecule has 3 rings (SSSR count). The van der Waals surface area contributed by atoms with Gasteiger partial charge in [0.05, 0.1) is 17.4 Å². The lowest BCUT2D eigenvalue weighted by Crippen LogP contribution is -2.35. The molecule has 0 radical (unpaired) electrons. The van der Waals surface area contributed by atoms with Crippen molar-refractivity contribution in [3.63, 3.8) is 0 Å². The van der Waals surface area contributed by atoms with Crippen molar-refractivity contribution in [3.8, 4) is 0 Å². The molecule has 0 bridgehead atoms. The third-order valence-electron chi connectivity index (χ3n) is 5.88. The predicted octanol–water partition coefficient (Wildman–Crippen LogP) is 3.69. The van der Waals surface area contributed by atoms with E-state index in [1.165, 1.54) is 16.0 Å². The first-order valence-electron chi connectivity index (χ1n) is 10.9. The summed E-state index contributed by atoms with van der Waals surface area (Å²) < 4.78 is 11.5. The first-order valence-corrected chi connectivity index (χ1v) is 12.6. The Morgan fingerprint density at radius 1 is 1.38 bits per heavy atom. The number of aromatic nitrogens is 2. The van der Waals surface area contributed by atoms with Crippen LogP contribution >= 0.6 is 23.1 Å². The van der Waals surface area contributed by atoms with Gasteiger partial charge in [-0.3, -0.25) is 9.32 Å². The maximum Gasteiger partial charge on any atom is 0.441 e. The Kier molecular flexibility index (Phi) is 7.54. The maximum absolute atomic E-state index is 13.1. The molecule has 2 heterocycles. The minimum Gasteiger partial charge on any atom is -0.462 e. The summed E-state index contributed by atoms with van der Waals surface area (Å²) >= 11 is 2.61. The molecule has 176 valence electrons. The van der Waals surface area contributed by atoms with E-state index in [1.807, 2.05) is 6.92 Å². The number of aryl methyl sites for hydroxylation is 1. The lowest BCUT2D eigenvalue weighted by atomic mass is 9.72. The second-order valence-electron chi connectivity index (χ2n) is 9.08. The highest BCUT2D eigenvalue weighted by atomic mass is 32.2. The predicted molar refractivity (Wildman–Crippen MR) is 124 cm³/mol. The van der Waals surface area contributed by atoms with Crippen molar-refractivity contribution in [2.45, 2.75) is 70.6 Å². The molecule has 2 unspecified atom stereocenters. The van der Waals surface area contributed by atoms with E-state index in [-0.39, 0.29) is 17.9 Å². The quantitative estimate of drug-likeness (QED) is 0.354. The van der Waals surface area contributed by atoms with Crippen LogP contribution in [0.2, 0.25) is 0 Å². The van der Waals surface area contributed by atoms with Crippen LogP contribution in [-0.4, -0.2) is 29.0 Å². The zero-order chi connectivity index (χ0) is 23.6. The van der Waals surface area contributed by atoms with Crippen LogP contribution in [0.5, 0.6) is 0 Å². The number of hydrogen-bond donors (Lipinski definition) is 2. The summed E-state index contributed by atoms with van der Waals surface area (Å²) in [7, 11) is 1.65. The van der Waals surface area contributed by atoms with Crippen LogP contribution < -0.4 is 15.6 Å². The summed E-state index contributed by atoms with van der Waals surface area (Å²) in [4.78, 5) is 39.0. The molecular weight excluding hydrogens is 450 g/mol. The number of hydrogen-bond acceptors (Lipinski definition) is 7. The number of nitrogens with zero attached hydrogens (tertiary/aromatic N) is 1. The molecule has 1 amide bonds. The Balaban J connectivity index is 1.89. The number of fused-ring (bicyclic) bond motifs is 1. The lowest BCUT2D eigenvalue weighted by molar-refractivity contribution is -0.772. The van der Waals surface area contributed by atoms with Gasteiger partial charge < -0.3 is 10.1 Å². The van der Waals surface area contributed by atoms with Gasteiger partial charge in [-0.05, 0) is 66.5 Å². The van der Waals surface area contributed by atoms with E-state index < -0.39 is 16.8 Å². The highest BCUT2D eigenvalue weighted by Gasteiger charge is 2.35. The van der Waals surface area contributed by atoms with Crippen LogP contribution in [0.25, 0.3) is 0 Å². The molecule has 2 aromatic heterocycles. The summed E-state index contributed by atoms with van der Waals surface area (Å²) in [5.41, 5.74) is 1.14. The van der Waals surface area contributed by atoms with Gasteiger partial charge in [-0.15, -0.1) is 11.3 Å². The molecule has 8 nitrogen and oxygen atoms in total. The van der Waals surface area contributed by atoms with Gasteiger partial charge in [0.25, 0.3) is 0 Å². The first kappa shape index (κ1) is 24.6. The number of nitrogens with one attached hydrogen (secondary N) is 2. The number of carbonyl (C=O) groups is 2. The van der Waals surface area contributed by atoms with Crippen molar-refractivity contribution in [3.05, 3.63) is 26.4 Å². The van der Waals surface area contributed by atoms with Gasteiger partial charge in [-0.2, -0.15) is 0 Å². The van der Waals surface area contributed by atoms with E-state index in [0.29, 0.717) is 27.9 Å². The van der Waals surface area contributed by atoms with Crippen molar-refractivity contribution in [2.24, 2.45) is 18.4 Å². The van der Waals surface area contributed by atoms with Crippen LogP contribution in [0.15, 0.2) is 14.3 Å². The normalized spacial score (nSPS) is 17.0. The lowest BCUT2D eigenvalue weighted by Gasteiger charge is -2.33. The second-order valence-corrected chi connectivity index (χ2v) is 11.4. The van der Waals surface area contributed by atoms with E-state index in [4.69, 9.17) is 9.26 Å². The van der Waals surface area contributed by atoms with Crippen LogP contribution in [0, 0.1) is 11.3 Å². The Hall–Kier alpha value is -2.07. The molecule has 2 N–H and O–H groups in total. The van der Waals surface area contributed by atoms with Gasteiger partial charge in [0.1, 0.15) is 5.00 Å². The van der Waals surface area contributed by atoms with Crippen molar-refractivity contribution in [1.29, 1.82) is 0 Å². The van der Waals surface area contributed by atoms with E-state index >= 15 is 0 Å². The SMILES string of the molecule is CCOC(=O)c1c(NC(=O)C(CC)Sc2c(=O)o[nH][n+]2C)sc2c1CCC(C(C)(C)C)C2. The number of aromatic amines is 1. The zero-order valence-electron chi connectivity index (χ0n) is 19.5. The van der Waals surface area contributed by atoms with Gasteiger partial charge in [-0.25, -0.2) is 9.59 Å². The first-order chi connectivity index (χ1) is 15.1. The molecule has 0 saturated carbocycles. The summed E-state index contributed by atoms with van der Waals surface area (Å²) in [6.07, 6.45) is 3.19. The monoisotopic (exact) mass is 482 g/mol. The fourth-order valence-corrected chi connectivity index (χ4v) is 6.19. The highest BCUT2D eigenvalue weighted by molar-refractivity contribution is 8.00. The number of thiophene rings is 1. The Morgan fingerprint density at radius 3 is 2.66 bits per heavy atom. The number of amides is 1. The molecule has 0 spiro atoms. The molecule has 2 atom stereocenters. The van der Waals surface area contributed by atoms with Crippen LogP contribution in [0.1, 0.15) is 68.3 Å². The minimum atomic E-state index is -0.518. The number of carbonyl (C=O) groups excluding carboxylic acids is 2. The molecule has 2 aromatic rings. The van der Waals surface area contributed by atoms with E-state index in [9.17, 15) is 14.4 Å².